The fourth-order valence-electron chi connectivity index (χ4n) is 4.19. The van der Waals surface area contributed by atoms with E-state index in [2.05, 4.69) is 15.3 Å². The number of amides is 3. The van der Waals surface area contributed by atoms with E-state index in [1.54, 1.807) is 43.3 Å². The van der Waals surface area contributed by atoms with Gasteiger partial charge in [0.05, 0.1) is 19.4 Å². The van der Waals surface area contributed by atoms with Gasteiger partial charge in [-0.1, -0.05) is 43.7 Å². The zero-order valence-electron chi connectivity index (χ0n) is 24.1. The third-order valence-electron chi connectivity index (χ3n) is 6.60. The molecule has 1 saturated heterocycles. The Hall–Kier alpha value is -3.58. The SMILES string of the molecule is CCCCOC(=O)N1CCN(C(=O)C(CP(=O)(O)O)NC(=O)c2cc(N(C)CCOC)nc(-c3ccccc3)n2)CC1. The Morgan fingerprint density at radius 3 is 2.36 bits per heavy atom. The number of likely N-dealkylation sites (N-methyl/N-ethyl adjacent to an activating group) is 1. The van der Waals surface area contributed by atoms with E-state index in [-0.39, 0.29) is 37.7 Å². The number of anilines is 1. The smallest absolute Gasteiger partial charge is 0.409 e. The minimum Gasteiger partial charge on any atom is -0.449 e. The van der Waals surface area contributed by atoms with Crippen molar-refractivity contribution in [2.75, 3.05) is 71.2 Å². The first-order valence-electron chi connectivity index (χ1n) is 13.7. The van der Waals surface area contributed by atoms with Crippen LogP contribution in [0.4, 0.5) is 10.6 Å². The lowest BCUT2D eigenvalue weighted by atomic mass is 10.2. The number of nitrogens with one attached hydrogen (secondary N) is 1. The topological polar surface area (TPSA) is 175 Å². The molecule has 15 heteroatoms. The number of aromatic nitrogens is 2. The summed E-state index contributed by atoms with van der Waals surface area (Å²) in [5.74, 6) is -0.769. The number of rotatable bonds is 13. The second kappa shape index (κ2) is 15.6. The number of ether oxygens (including phenoxy) is 2. The van der Waals surface area contributed by atoms with Gasteiger partial charge in [-0.3, -0.25) is 14.2 Å². The monoisotopic (exact) mass is 606 g/mol. The number of carbonyl (C=O) groups is 3. The van der Waals surface area contributed by atoms with E-state index in [1.807, 2.05) is 13.0 Å². The number of hydrogen-bond acceptors (Lipinski definition) is 9. The maximum atomic E-state index is 13.4. The molecule has 2 aromatic rings. The summed E-state index contributed by atoms with van der Waals surface area (Å²) in [6, 6.07) is 8.94. The first-order chi connectivity index (χ1) is 20.0. The number of hydrogen-bond donors (Lipinski definition) is 3. The lowest BCUT2D eigenvalue weighted by Crippen LogP contribution is -2.56. The Morgan fingerprint density at radius 2 is 1.74 bits per heavy atom. The average Bonchev–Trinajstić information content (AvgIpc) is 2.98. The summed E-state index contributed by atoms with van der Waals surface area (Å²) in [5, 5.41) is 2.48. The highest BCUT2D eigenvalue weighted by molar-refractivity contribution is 7.51. The molecular weight excluding hydrogens is 567 g/mol. The first-order valence-corrected chi connectivity index (χ1v) is 15.5. The highest BCUT2D eigenvalue weighted by atomic mass is 31.2. The summed E-state index contributed by atoms with van der Waals surface area (Å²) in [6.07, 6.45) is 0.267. The van der Waals surface area contributed by atoms with E-state index >= 15 is 0 Å². The van der Waals surface area contributed by atoms with Crippen LogP contribution >= 0.6 is 7.60 Å². The molecule has 1 aliphatic heterocycles. The summed E-state index contributed by atoms with van der Waals surface area (Å²) in [4.78, 5) is 72.1. The summed E-state index contributed by atoms with van der Waals surface area (Å²) in [6.45, 7) is 3.80. The Labute approximate surface area is 245 Å². The van der Waals surface area contributed by atoms with E-state index in [4.69, 9.17) is 9.47 Å². The molecular formula is C27H39N6O8P. The largest absolute Gasteiger partial charge is 0.449 e. The number of piperazine rings is 1. The fourth-order valence-corrected chi connectivity index (χ4v) is 4.91. The zero-order valence-corrected chi connectivity index (χ0v) is 25.0. The van der Waals surface area contributed by atoms with Crippen LogP contribution in [0, 0.1) is 0 Å². The number of benzene rings is 1. The summed E-state index contributed by atoms with van der Waals surface area (Å²) in [7, 11) is -1.37. The predicted octanol–water partition coefficient (Wildman–Crippen LogP) is 1.58. The molecule has 0 bridgehead atoms. The zero-order chi connectivity index (χ0) is 30.7. The van der Waals surface area contributed by atoms with Crippen molar-refractivity contribution in [3.8, 4) is 11.4 Å². The van der Waals surface area contributed by atoms with Crippen LogP contribution in [0.1, 0.15) is 30.3 Å². The molecule has 0 radical (unpaired) electrons. The highest BCUT2D eigenvalue weighted by Crippen LogP contribution is 2.35. The number of unbranched alkanes of at least 4 members (excludes halogenated alkanes) is 1. The van der Waals surface area contributed by atoms with Gasteiger partial charge in [-0.2, -0.15) is 0 Å². The standard InChI is InChI=1S/C27H39N6O8P/c1-4-5-16-41-27(36)33-13-11-32(12-14-33)26(35)22(19-42(37,38)39)29-25(34)21-18-23(31(2)15-17-40-3)30-24(28-21)20-9-7-6-8-10-20/h6-10,18,22H,4-5,11-17,19H2,1-3H3,(H,29,34)(H2,37,38,39). The maximum absolute atomic E-state index is 13.4. The quantitative estimate of drug-likeness (QED) is 0.223. The molecule has 0 aliphatic carbocycles. The Kier molecular flexibility index (Phi) is 12.2. The van der Waals surface area contributed by atoms with Crippen LogP contribution in [-0.2, 0) is 18.8 Å². The summed E-state index contributed by atoms with van der Waals surface area (Å²) < 4.78 is 22.3. The van der Waals surface area contributed by atoms with Crippen molar-refractivity contribution in [2.24, 2.45) is 0 Å². The van der Waals surface area contributed by atoms with Gasteiger partial charge < -0.3 is 39.3 Å². The molecule has 3 N–H and O–H groups in total. The molecule has 3 amide bonds. The van der Waals surface area contributed by atoms with Gasteiger partial charge in [-0.15, -0.1) is 0 Å². The molecule has 0 spiro atoms. The highest BCUT2D eigenvalue weighted by Gasteiger charge is 2.35. The Bertz CT molecular complexity index is 1250. The molecule has 2 heterocycles. The second-order valence-electron chi connectivity index (χ2n) is 9.87. The molecule has 1 aromatic heterocycles. The van der Waals surface area contributed by atoms with Crippen molar-refractivity contribution in [1.29, 1.82) is 0 Å². The minimum atomic E-state index is -4.71. The van der Waals surface area contributed by atoms with Gasteiger partial charge in [0.25, 0.3) is 5.91 Å². The van der Waals surface area contributed by atoms with Crippen LogP contribution in [0.5, 0.6) is 0 Å². The lowest BCUT2D eigenvalue weighted by molar-refractivity contribution is -0.134. The molecule has 1 aliphatic rings. The average molecular weight is 607 g/mol. The van der Waals surface area contributed by atoms with Crippen molar-refractivity contribution in [3.05, 3.63) is 42.1 Å². The number of carbonyl (C=O) groups excluding carboxylic acids is 3. The minimum absolute atomic E-state index is 0.0775. The first kappa shape index (κ1) is 32.9. The summed E-state index contributed by atoms with van der Waals surface area (Å²) >= 11 is 0. The molecule has 1 fully saturated rings. The van der Waals surface area contributed by atoms with Crippen molar-refractivity contribution < 1.29 is 38.2 Å². The van der Waals surface area contributed by atoms with Gasteiger partial charge in [0.2, 0.25) is 5.91 Å². The number of nitrogens with zero attached hydrogens (tertiary/aromatic N) is 5. The van der Waals surface area contributed by atoms with Crippen LogP contribution in [0.15, 0.2) is 36.4 Å². The van der Waals surface area contributed by atoms with Gasteiger partial charge in [0, 0.05) is 58.5 Å². The number of methoxy groups -OCH3 is 1. The molecule has 1 aromatic carbocycles. The van der Waals surface area contributed by atoms with E-state index < -0.39 is 37.7 Å². The molecule has 42 heavy (non-hydrogen) atoms. The maximum Gasteiger partial charge on any atom is 0.409 e. The molecule has 3 rings (SSSR count). The molecule has 1 unspecified atom stereocenters. The molecule has 1 atom stereocenters. The van der Waals surface area contributed by atoms with E-state index in [0.29, 0.717) is 31.1 Å². The fraction of sp³-hybridized carbons (Fsp3) is 0.519. The van der Waals surface area contributed by atoms with Gasteiger partial charge in [0.1, 0.15) is 17.6 Å². The van der Waals surface area contributed by atoms with E-state index in [9.17, 15) is 28.7 Å². The van der Waals surface area contributed by atoms with E-state index in [0.717, 1.165) is 12.8 Å². The van der Waals surface area contributed by atoms with Gasteiger partial charge >= 0.3 is 13.7 Å². The predicted molar refractivity (Wildman–Crippen MR) is 155 cm³/mol. The Morgan fingerprint density at radius 1 is 1.07 bits per heavy atom. The van der Waals surface area contributed by atoms with Crippen molar-refractivity contribution in [2.45, 2.75) is 25.8 Å². The van der Waals surface area contributed by atoms with Crippen molar-refractivity contribution in [1.82, 2.24) is 25.1 Å². The third kappa shape index (κ3) is 9.76. The Balaban J connectivity index is 1.80. The van der Waals surface area contributed by atoms with Crippen LogP contribution in [-0.4, -0.2) is 120 Å². The van der Waals surface area contributed by atoms with Gasteiger partial charge in [-0.25, -0.2) is 14.8 Å². The van der Waals surface area contributed by atoms with Crippen LogP contribution in [0.25, 0.3) is 11.4 Å². The van der Waals surface area contributed by atoms with Crippen molar-refractivity contribution in [3.63, 3.8) is 0 Å². The van der Waals surface area contributed by atoms with Gasteiger partial charge in [0.15, 0.2) is 5.82 Å². The lowest BCUT2D eigenvalue weighted by Gasteiger charge is -2.36. The van der Waals surface area contributed by atoms with E-state index in [1.165, 1.54) is 15.9 Å². The molecule has 14 nitrogen and oxygen atoms in total. The third-order valence-corrected chi connectivity index (χ3v) is 7.44. The van der Waals surface area contributed by atoms with Crippen LogP contribution in [0.2, 0.25) is 0 Å². The van der Waals surface area contributed by atoms with Crippen LogP contribution < -0.4 is 10.2 Å². The second-order valence-corrected chi connectivity index (χ2v) is 11.6. The normalized spacial score (nSPS) is 14.3. The molecule has 0 saturated carbocycles. The van der Waals surface area contributed by atoms with Gasteiger partial charge in [-0.05, 0) is 6.42 Å². The van der Waals surface area contributed by atoms with Crippen molar-refractivity contribution >= 4 is 31.3 Å². The summed E-state index contributed by atoms with van der Waals surface area (Å²) in [5.41, 5.74) is 0.578. The van der Waals surface area contributed by atoms with Crippen LogP contribution in [0.3, 0.4) is 0 Å². The molecule has 230 valence electrons.